The van der Waals surface area contributed by atoms with Gasteiger partial charge in [-0.3, -0.25) is 14.5 Å². The summed E-state index contributed by atoms with van der Waals surface area (Å²) in [5.41, 5.74) is 5.65. The van der Waals surface area contributed by atoms with Gasteiger partial charge in [0.2, 0.25) is 11.8 Å². The van der Waals surface area contributed by atoms with Crippen molar-refractivity contribution in [3.05, 3.63) is 30.3 Å². The van der Waals surface area contributed by atoms with Crippen LogP contribution in [0.4, 0.5) is 0 Å². The number of rotatable bonds is 5. The molecule has 1 aliphatic heterocycles. The Morgan fingerprint density at radius 3 is 2.74 bits per heavy atom. The standard InChI is InChI=1S/C14H18N2O3/c15-12-7-8-13(17)16(14(12)18)9-4-10-19-11-5-2-1-3-6-11/h1-3,5-6,12H,4,7-10,15H2. The number of nitrogens with two attached hydrogens (primary N) is 1. The number of carbonyl (C=O) groups excluding carboxylic acids is 2. The van der Waals surface area contributed by atoms with Crippen LogP contribution in [0, 0.1) is 0 Å². The van der Waals surface area contributed by atoms with Crippen LogP contribution in [0.25, 0.3) is 0 Å². The van der Waals surface area contributed by atoms with Crippen LogP contribution in [0.1, 0.15) is 19.3 Å². The molecular weight excluding hydrogens is 244 g/mol. The molecule has 1 unspecified atom stereocenters. The first-order chi connectivity index (χ1) is 9.18. The van der Waals surface area contributed by atoms with Gasteiger partial charge in [0, 0.05) is 13.0 Å². The highest BCUT2D eigenvalue weighted by atomic mass is 16.5. The molecule has 0 radical (unpaired) electrons. The van der Waals surface area contributed by atoms with Gasteiger partial charge in [-0.2, -0.15) is 0 Å². The van der Waals surface area contributed by atoms with Gasteiger partial charge in [0.05, 0.1) is 12.6 Å². The molecule has 0 saturated carbocycles. The van der Waals surface area contributed by atoms with E-state index in [0.717, 1.165) is 5.75 Å². The largest absolute Gasteiger partial charge is 0.494 e. The smallest absolute Gasteiger partial charge is 0.246 e. The van der Waals surface area contributed by atoms with Crippen LogP contribution in [0.15, 0.2) is 30.3 Å². The summed E-state index contributed by atoms with van der Waals surface area (Å²) in [4.78, 5) is 24.6. The fourth-order valence-corrected chi connectivity index (χ4v) is 2.02. The molecule has 2 rings (SSSR count). The average molecular weight is 262 g/mol. The van der Waals surface area contributed by atoms with Crippen LogP contribution >= 0.6 is 0 Å². The minimum absolute atomic E-state index is 0.133. The van der Waals surface area contributed by atoms with Gasteiger partial charge in [-0.05, 0) is 25.0 Å². The Labute approximate surface area is 112 Å². The minimum atomic E-state index is -0.534. The van der Waals surface area contributed by atoms with Crippen molar-refractivity contribution in [3.63, 3.8) is 0 Å². The molecule has 2 amide bonds. The molecule has 1 aromatic carbocycles. The van der Waals surface area contributed by atoms with Crippen molar-refractivity contribution >= 4 is 11.8 Å². The number of imide groups is 1. The first kappa shape index (κ1) is 13.5. The van der Waals surface area contributed by atoms with E-state index >= 15 is 0 Å². The number of hydrogen-bond acceptors (Lipinski definition) is 4. The number of para-hydroxylation sites is 1. The molecule has 5 heteroatoms. The van der Waals surface area contributed by atoms with Crippen LogP contribution in [-0.2, 0) is 9.59 Å². The molecular formula is C14H18N2O3. The van der Waals surface area contributed by atoms with E-state index in [-0.39, 0.29) is 11.8 Å². The van der Waals surface area contributed by atoms with Crippen LogP contribution < -0.4 is 10.5 Å². The zero-order valence-corrected chi connectivity index (χ0v) is 10.7. The Bertz CT molecular complexity index is 447. The van der Waals surface area contributed by atoms with Gasteiger partial charge in [-0.1, -0.05) is 18.2 Å². The van der Waals surface area contributed by atoms with Crippen molar-refractivity contribution in [2.45, 2.75) is 25.3 Å². The Kier molecular flexibility index (Phi) is 4.52. The maximum absolute atomic E-state index is 11.7. The summed E-state index contributed by atoms with van der Waals surface area (Å²) in [5, 5.41) is 0. The third kappa shape index (κ3) is 3.54. The first-order valence-electron chi connectivity index (χ1n) is 6.46. The maximum Gasteiger partial charge on any atom is 0.246 e. The topological polar surface area (TPSA) is 72.6 Å². The fraction of sp³-hybridized carbons (Fsp3) is 0.429. The molecule has 0 aromatic heterocycles. The quantitative estimate of drug-likeness (QED) is 0.633. The highest BCUT2D eigenvalue weighted by Crippen LogP contribution is 2.13. The predicted molar refractivity (Wildman–Crippen MR) is 70.5 cm³/mol. The molecule has 0 bridgehead atoms. The van der Waals surface area contributed by atoms with Gasteiger partial charge in [0.25, 0.3) is 0 Å². The molecule has 1 saturated heterocycles. The molecule has 5 nitrogen and oxygen atoms in total. The van der Waals surface area contributed by atoms with Crippen molar-refractivity contribution in [3.8, 4) is 5.75 Å². The lowest BCUT2D eigenvalue weighted by atomic mass is 10.1. The summed E-state index contributed by atoms with van der Waals surface area (Å²) in [6.07, 6.45) is 1.42. The fourth-order valence-electron chi connectivity index (χ4n) is 2.02. The molecule has 1 fully saturated rings. The Hall–Kier alpha value is -1.88. The van der Waals surface area contributed by atoms with Crippen molar-refractivity contribution in [1.82, 2.24) is 4.90 Å². The van der Waals surface area contributed by atoms with E-state index in [2.05, 4.69) is 0 Å². The number of ether oxygens (including phenoxy) is 1. The summed E-state index contributed by atoms with van der Waals surface area (Å²) in [5.74, 6) is 0.387. The second-order valence-corrected chi connectivity index (χ2v) is 4.54. The number of nitrogens with zero attached hydrogens (tertiary/aromatic N) is 1. The summed E-state index contributed by atoms with van der Waals surface area (Å²) < 4.78 is 5.51. The van der Waals surface area contributed by atoms with Gasteiger partial charge in [0.15, 0.2) is 0 Å². The SMILES string of the molecule is NC1CCC(=O)N(CCCOc2ccccc2)C1=O. The lowest BCUT2D eigenvalue weighted by Gasteiger charge is -2.28. The van der Waals surface area contributed by atoms with Crippen molar-refractivity contribution in [1.29, 1.82) is 0 Å². The van der Waals surface area contributed by atoms with E-state index in [4.69, 9.17) is 10.5 Å². The third-order valence-electron chi connectivity index (χ3n) is 3.09. The van der Waals surface area contributed by atoms with Gasteiger partial charge >= 0.3 is 0 Å². The molecule has 0 aliphatic carbocycles. The van der Waals surface area contributed by atoms with Crippen LogP contribution in [0.5, 0.6) is 5.75 Å². The summed E-state index contributed by atoms with van der Waals surface area (Å²) >= 11 is 0. The Morgan fingerprint density at radius 2 is 2.00 bits per heavy atom. The normalized spacial score (nSPS) is 19.6. The summed E-state index contributed by atoms with van der Waals surface area (Å²) in [6.45, 7) is 0.842. The number of amides is 2. The molecule has 102 valence electrons. The lowest BCUT2D eigenvalue weighted by molar-refractivity contribution is -0.149. The van der Waals surface area contributed by atoms with E-state index < -0.39 is 6.04 Å². The van der Waals surface area contributed by atoms with Crippen molar-refractivity contribution in [2.75, 3.05) is 13.2 Å². The van der Waals surface area contributed by atoms with E-state index in [0.29, 0.717) is 32.4 Å². The molecule has 1 atom stereocenters. The first-order valence-corrected chi connectivity index (χ1v) is 6.46. The monoisotopic (exact) mass is 262 g/mol. The summed E-state index contributed by atoms with van der Waals surface area (Å²) in [7, 11) is 0. The van der Waals surface area contributed by atoms with Crippen molar-refractivity contribution in [2.24, 2.45) is 5.73 Å². The van der Waals surface area contributed by atoms with E-state index in [1.54, 1.807) is 0 Å². The molecule has 1 aromatic rings. The van der Waals surface area contributed by atoms with E-state index in [1.807, 2.05) is 30.3 Å². The van der Waals surface area contributed by atoms with Crippen LogP contribution in [0.2, 0.25) is 0 Å². The molecule has 0 spiro atoms. The number of hydrogen-bond donors (Lipinski definition) is 1. The lowest BCUT2D eigenvalue weighted by Crippen LogP contribution is -2.51. The Morgan fingerprint density at radius 1 is 1.26 bits per heavy atom. The van der Waals surface area contributed by atoms with Gasteiger partial charge in [-0.25, -0.2) is 0 Å². The van der Waals surface area contributed by atoms with Crippen LogP contribution in [0.3, 0.4) is 0 Å². The Balaban J connectivity index is 1.76. The minimum Gasteiger partial charge on any atom is -0.494 e. The number of benzene rings is 1. The molecule has 2 N–H and O–H groups in total. The highest BCUT2D eigenvalue weighted by molar-refractivity contribution is 6.00. The zero-order chi connectivity index (χ0) is 13.7. The van der Waals surface area contributed by atoms with Crippen molar-refractivity contribution < 1.29 is 14.3 Å². The number of carbonyl (C=O) groups is 2. The highest BCUT2D eigenvalue weighted by Gasteiger charge is 2.31. The zero-order valence-electron chi connectivity index (χ0n) is 10.7. The predicted octanol–water partition coefficient (Wildman–Crippen LogP) is 0.932. The van der Waals surface area contributed by atoms with Crippen LogP contribution in [-0.4, -0.2) is 35.9 Å². The maximum atomic E-state index is 11.7. The van der Waals surface area contributed by atoms with Gasteiger partial charge in [0.1, 0.15) is 5.75 Å². The molecule has 1 aliphatic rings. The molecule has 19 heavy (non-hydrogen) atoms. The second-order valence-electron chi connectivity index (χ2n) is 4.54. The third-order valence-corrected chi connectivity index (χ3v) is 3.09. The van der Waals surface area contributed by atoms with Gasteiger partial charge in [-0.15, -0.1) is 0 Å². The number of likely N-dealkylation sites (tertiary alicyclic amines) is 1. The van der Waals surface area contributed by atoms with E-state index in [1.165, 1.54) is 4.90 Å². The average Bonchev–Trinajstić information content (AvgIpc) is 2.43. The second kappa shape index (κ2) is 6.33. The van der Waals surface area contributed by atoms with E-state index in [9.17, 15) is 9.59 Å². The molecule has 1 heterocycles. The van der Waals surface area contributed by atoms with Gasteiger partial charge < -0.3 is 10.5 Å². The number of piperidine rings is 1. The summed E-state index contributed by atoms with van der Waals surface area (Å²) in [6, 6.07) is 8.91.